The van der Waals surface area contributed by atoms with Gasteiger partial charge in [-0.3, -0.25) is 4.79 Å². The largest absolute Gasteiger partial charge is 0.412 e. The third-order valence-electron chi connectivity index (χ3n) is 2.23. The van der Waals surface area contributed by atoms with Gasteiger partial charge < -0.3 is 0 Å². The summed E-state index contributed by atoms with van der Waals surface area (Å²) in [6.07, 6.45) is -4.17. The lowest BCUT2D eigenvalue weighted by Crippen LogP contribution is -2.15. The van der Waals surface area contributed by atoms with Gasteiger partial charge in [-0.2, -0.15) is 13.2 Å². The number of carbonyl (C=O) groups is 1. The fourth-order valence-corrected chi connectivity index (χ4v) is 1.49. The van der Waals surface area contributed by atoms with Crippen LogP contribution in [0.25, 0.3) is 0 Å². The molecule has 0 spiro atoms. The molecule has 0 heterocycles. The molecule has 14 heavy (non-hydrogen) atoms. The van der Waals surface area contributed by atoms with Gasteiger partial charge in [0.2, 0.25) is 0 Å². The molecule has 0 N–H and O–H groups in total. The third-order valence-corrected chi connectivity index (χ3v) is 2.23. The van der Waals surface area contributed by atoms with E-state index in [-0.39, 0.29) is 37.5 Å². The summed E-state index contributed by atoms with van der Waals surface area (Å²) < 4.78 is 48.2. The number of ketones is 1. The van der Waals surface area contributed by atoms with E-state index in [2.05, 4.69) is 0 Å². The summed E-state index contributed by atoms with van der Waals surface area (Å²) >= 11 is 0. The maximum Gasteiger partial charge on any atom is 0.412 e. The molecule has 0 aromatic heterocycles. The molecule has 1 aliphatic rings. The molecule has 1 nitrogen and oxygen atoms in total. The van der Waals surface area contributed by atoms with Crippen molar-refractivity contribution in [1.29, 1.82) is 0 Å². The molecule has 0 aromatic rings. The number of rotatable bonds is 1. The minimum Gasteiger partial charge on any atom is -0.300 e. The average molecular weight is 210 g/mol. The Hall–Kier alpha value is -0.870. The number of hydrogen-bond donors (Lipinski definition) is 0. The molecule has 0 radical (unpaired) electrons. The minimum atomic E-state index is -4.61. The van der Waals surface area contributed by atoms with Crippen molar-refractivity contribution in [3.63, 3.8) is 0 Å². The Bertz CT molecular complexity index is 244. The standard InChI is InChI=1S/C9H10F4O/c10-8(5-9(11,12)13)6-1-3-7(14)4-2-6/h5-6H,1-4H2/b8-5-. The predicted molar refractivity (Wildman–Crippen MR) is 42.2 cm³/mol. The SMILES string of the molecule is O=C1CCC(/C(F)=C/C(F)(F)F)CC1. The number of allylic oxidation sites excluding steroid dienone is 2. The van der Waals surface area contributed by atoms with Crippen LogP contribution in [-0.4, -0.2) is 12.0 Å². The van der Waals surface area contributed by atoms with E-state index < -0.39 is 17.9 Å². The van der Waals surface area contributed by atoms with E-state index >= 15 is 0 Å². The Morgan fingerprint density at radius 2 is 1.79 bits per heavy atom. The van der Waals surface area contributed by atoms with Crippen molar-refractivity contribution in [2.45, 2.75) is 31.9 Å². The van der Waals surface area contributed by atoms with Gasteiger partial charge in [-0.15, -0.1) is 0 Å². The van der Waals surface area contributed by atoms with E-state index in [0.29, 0.717) is 0 Å². The van der Waals surface area contributed by atoms with Gasteiger partial charge in [0.05, 0.1) is 6.08 Å². The van der Waals surface area contributed by atoms with E-state index in [0.717, 1.165) is 0 Å². The van der Waals surface area contributed by atoms with Crippen LogP contribution in [-0.2, 0) is 4.79 Å². The Balaban J connectivity index is 2.57. The second-order valence-corrected chi connectivity index (χ2v) is 3.38. The zero-order valence-corrected chi connectivity index (χ0v) is 7.40. The molecule has 0 atom stereocenters. The molecule has 0 saturated heterocycles. The smallest absolute Gasteiger partial charge is 0.300 e. The molecule has 80 valence electrons. The van der Waals surface area contributed by atoms with Crippen molar-refractivity contribution in [3.8, 4) is 0 Å². The summed E-state index contributed by atoms with van der Waals surface area (Å²) in [5.74, 6) is -1.87. The summed E-state index contributed by atoms with van der Waals surface area (Å²) in [6.45, 7) is 0. The molecule has 0 amide bonds. The highest BCUT2D eigenvalue weighted by atomic mass is 19.4. The molecule has 0 unspecified atom stereocenters. The topological polar surface area (TPSA) is 17.1 Å². The lowest BCUT2D eigenvalue weighted by Gasteiger charge is -2.19. The lowest BCUT2D eigenvalue weighted by molar-refractivity contribution is -0.120. The van der Waals surface area contributed by atoms with Crippen molar-refractivity contribution in [2.24, 2.45) is 5.92 Å². The Kier molecular flexibility index (Phi) is 3.29. The molecule has 1 rings (SSSR count). The van der Waals surface area contributed by atoms with Gasteiger partial charge >= 0.3 is 6.18 Å². The molecule has 0 aliphatic heterocycles. The summed E-state index contributed by atoms with van der Waals surface area (Å²) in [5, 5.41) is 0. The summed E-state index contributed by atoms with van der Waals surface area (Å²) in [7, 11) is 0. The van der Waals surface area contributed by atoms with Crippen molar-refractivity contribution in [1.82, 2.24) is 0 Å². The molecule has 0 aromatic carbocycles. The minimum absolute atomic E-state index is 0.000980. The third kappa shape index (κ3) is 3.47. The van der Waals surface area contributed by atoms with Crippen molar-refractivity contribution in [2.75, 3.05) is 0 Å². The van der Waals surface area contributed by atoms with Gasteiger partial charge in [-0.1, -0.05) is 0 Å². The predicted octanol–water partition coefficient (Wildman–Crippen LogP) is 3.16. The van der Waals surface area contributed by atoms with Gasteiger partial charge in [0.25, 0.3) is 0 Å². The van der Waals surface area contributed by atoms with E-state index in [9.17, 15) is 22.4 Å². The first-order valence-corrected chi connectivity index (χ1v) is 4.35. The van der Waals surface area contributed by atoms with Crippen LogP contribution in [0.5, 0.6) is 0 Å². The Labute approximate surface area is 78.8 Å². The molecule has 1 fully saturated rings. The highest BCUT2D eigenvalue weighted by Gasteiger charge is 2.29. The second-order valence-electron chi connectivity index (χ2n) is 3.38. The summed E-state index contributed by atoms with van der Waals surface area (Å²) in [6, 6.07) is 0. The van der Waals surface area contributed by atoms with Crippen LogP contribution >= 0.6 is 0 Å². The van der Waals surface area contributed by atoms with Crippen LogP contribution in [0, 0.1) is 5.92 Å². The van der Waals surface area contributed by atoms with Crippen molar-refractivity contribution < 1.29 is 22.4 Å². The summed E-state index contributed by atoms with van der Waals surface area (Å²) in [5.41, 5.74) is 0. The van der Waals surface area contributed by atoms with Crippen LogP contribution in [0.3, 0.4) is 0 Å². The maximum atomic E-state index is 12.9. The zero-order chi connectivity index (χ0) is 10.8. The summed E-state index contributed by atoms with van der Waals surface area (Å²) in [4.78, 5) is 10.8. The van der Waals surface area contributed by atoms with E-state index in [1.807, 2.05) is 0 Å². The van der Waals surface area contributed by atoms with Crippen molar-refractivity contribution >= 4 is 5.78 Å². The number of hydrogen-bond acceptors (Lipinski definition) is 1. The zero-order valence-electron chi connectivity index (χ0n) is 7.40. The fraction of sp³-hybridized carbons (Fsp3) is 0.667. The molecule has 5 heteroatoms. The second kappa shape index (κ2) is 4.11. The molecular weight excluding hydrogens is 200 g/mol. The first-order valence-electron chi connectivity index (χ1n) is 4.35. The van der Waals surface area contributed by atoms with Crippen LogP contribution in [0.1, 0.15) is 25.7 Å². The van der Waals surface area contributed by atoms with Gasteiger partial charge in [-0.25, -0.2) is 4.39 Å². The van der Waals surface area contributed by atoms with E-state index in [1.165, 1.54) is 0 Å². The van der Waals surface area contributed by atoms with Gasteiger partial charge in [-0.05, 0) is 12.8 Å². The van der Waals surface area contributed by atoms with Crippen LogP contribution in [0.15, 0.2) is 11.9 Å². The average Bonchev–Trinajstić information content (AvgIpc) is 2.02. The first-order chi connectivity index (χ1) is 6.38. The van der Waals surface area contributed by atoms with Gasteiger partial charge in [0.15, 0.2) is 0 Å². The normalized spacial score (nSPS) is 21.4. The van der Waals surface area contributed by atoms with Gasteiger partial charge in [0.1, 0.15) is 11.6 Å². The monoisotopic (exact) mass is 210 g/mol. The molecule has 1 aliphatic carbocycles. The maximum absolute atomic E-state index is 12.9. The molecule has 0 bridgehead atoms. The molecule has 1 saturated carbocycles. The van der Waals surface area contributed by atoms with E-state index in [1.54, 1.807) is 0 Å². The fourth-order valence-electron chi connectivity index (χ4n) is 1.49. The van der Waals surface area contributed by atoms with Crippen LogP contribution in [0.4, 0.5) is 17.6 Å². The van der Waals surface area contributed by atoms with Crippen LogP contribution < -0.4 is 0 Å². The van der Waals surface area contributed by atoms with E-state index in [4.69, 9.17) is 0 Å². The van der Waals surface area contributed by atoms with Crippen molar-refractivity contribution in [3.05, 3.63) is 11.9 Å². The number of halogens is 4. The van der Waals surface area contributed by atoms with Crippen LogP contribution in [0.2, 0.25) is 0 Å². The van der Waals surface area contributed by atoms with Gasteiger partial charge in [0, 0.05) is 18.8 Å². The number of Topliss-reactive ketones (excluding diaryl/α,β-unsaturated/α-hetero) is 1. The molecular formula is C9H10F4O. The Morgan fingerprint density at radius 1 is 1.29 bits per heavy atom. The quantitative estimate of drug-likeness (QED) is 0.607. The first kappa shape index (κ1) is 11.2. The lowest BCUT2D eigenvalue weighted by atomic mass is 9.87. The number of carbonyl (C=O) groups excluding carboxylic acids is 1. The Morgan fingerprint density at radius 3 is 2.21 bits per heavy atom. The highest BCUT2D eigenvalue weighted by Crippen LogP contribution is 2.31. The number of alkyl halides is 3. The highest BCUT2D eigenvalue weighted by molar-refractivity contribution is 5.79.